The molecule has 0 aliphatic heterocycles. The Hall–Kier alpha value is -2.39. The molecule has 1 N–H and O–H groups in total. The number of benzene rings is 1. The van der Waals surface area contributed by atoms with E-state index in [0.717, 1.165) is 55.6 Å². The summed E-state index contributed by atoms with van der Waals surface area (Å²) in [7, 11) is -24.7. The summed E-state index contributed by atoms with van der Waals surface area (Å²) >= 11 is 0. The zero-order valence-corrected chi connectivity index (χ0v) is 104. The molecule has 4 aliphatic rings. The highest BCUT2D eigenvalue weighted by molar-refractivity contribution is 7.85. The van der Waals surface area contributed by atoms with Gasteiger partial charge >= 0.3 is 119 Å². The van der Waals surface area contributed by atoms with Gasteiger partial charge in [0.15, 0.2) is 16.6 Å². The number of unbranched alkanes of at least 4 members (excludes halogenated alkanes) is 1. The second-order valence-electron chi connectivity index (χ2n) is 46.0. The number of carbonyl (C=O) groups excluding carboxylic acids is 5. The molecule has 0 heterocycles. The van der Waals surface area contributed by atoms with Gasteiger partial charge in [-0.25, -0.2) is 8.42 Å². The van der Waals surface area contributed by atoms with Gasteiger partial charge in [0.25, 0.3) is 0 Å². The number of esters is 5. The van der Waals surface area contributed by atoms with Gasteiger partial charge < -0.3 is 88.5 Å². The molecule has 0 saturated heterocycles. The number of rotatable bonds is 53. The van der Waals surface area contributed by atoms with Crippen LogP contribution in [0, 0.1) is 50.7 Å². The van der Waals surface area contributed by atoms with Crippen LogP contribution in [-0.4, -0.2) is 244 Å². The van der Waals surface area contributed by atoms with Crippen LogP contribution in [0.3, 0.4) is 0 Å². The van der Waals surface area contributed by atoms with E-state index >= 15 is 0 Å². The number of quaternary nitrogens is 1. The van der Waals surface area contributed by atoms with Crippen molar-refractivity contribution in [3.63, 3.8) is 0 Å². The summed E-state index contributed by atoms with van der Waals surface area (Å²) in [5.41, 5.74) is -2.95. The highest BCUT2D eigenvalue weighted by atomic mass is 32.2. The largest absolute Gasteiger partial charge is 0.748 e. The number of ether oxygens (including phenoxy) is 7. The van der Waals surface area contributed by atoms with Crippen LogP contribution in [0.5, 0.6) is 0 Å². The zero-order chi connectivity index (χ0) is 106. The van der Waals surface area contributed by atoms with Crippen molar-refractivity contribution in [2.45, 2.75) is 395 Å². The molecule has 5 unspecified atom stereocenters. The lowest BCUT2D eigenvalue weighted by Crippen LogP contribution is -2.62. The summed E-state index contributed by atoms with van der Waals surface area (Å²) in [5.74, 6) is -3.91. The summed E-state index contributed by atoms with van der Waals surface area (Å²) in [6.45, 7) is 82.8. The van der Waals surface area contributed by atoms with E-state index in [2.05, 4.69) is 221 Å². The first kappa shape index (κ1) is 135. The lowest BCUT2D eigenvalue weighted by molar-refractivity contribution is -0.884. The first-order valence-electron chi connectivity index (χ1n) is 48.6. The molecule has 0 radical (unpaired) electrons. The predicted molar refractivity (Wildman–Crippen MR) is 555 cm³/mol. The molecule has 1 aromatic carbocycles. The van der Waals surface area contributed by atoms with Crippen LogP contribution in [0.4, 0.5) is 13.2 Å². The van der Waals surface area contributed by atoms with Crippen molar-refractivity contribution in [2.75, 3.05) is 73.6 Å². The number of carboxylic acids is 1. The molecule has 43 heteroatoms. The van der Waals surface area contributed by atoms with Crippen molar-refractivity contribution in [2.24, 2.45) is 50.7 Å². The van der Waals surface area contributed by atoms with E-state index in [-0.39, 0.29) is 42.1 Å². The molecule has 0 amide bonds. The van der Waals surface area contributed by atoms with Gasteiger partial charge in [-0.3, -0.25) is 28.8 Å². The number of hydrogen-bond acceptors (Lipinski definition) is 26. The Morgan fingerprint density at radius 3 is 1.21 bits per heavy atom. The molecule has 28 nitrogen and oxygen atoms in total. The average Bonchev–Trinajstić information content (AvgIpc) is 0.712. The van der Waals surface area contributed by atoms with Crippen molar-refractivity contribution < 1.29 is 139 Å². The Balaban J connectivity index is 0. The van der Waals surface area contributed by atoms with E-state index in [1.165, 1.54) is 24.8 Å². The summed E-state index contributed by atoms with van der Waals surface area (Å²) in [4.78, 5) is 71.3. The minimum atomic E-state index is -5.27. The molecular weight excluding hydrogens is 1950 g/mol. The number of alkyl halides is 3. The third-order valence-corrected chi connectivity index (χ3v) is 65.4. The smallest absolute Gasteiger partial charge is 0.426 e. The molecule has 4 fully saturated rings. The van der Waals surface area contributed by atoms with Gasteiger partial charge in [0.05, 0.1) is 103 Å². The van der Waals surface area contributed by atoms with Gasteiger partial charge in [-0.2, -0.15) is 13.2 Å². The summed E-state index contributed by atoms with van der Waals surface area (Å²) in [6, 6.07) is 11.4. The minimum Gasteiger partial charge on any atom is -0.748 e. The third-order valence-electron chi connectivity index (χ3n) is 23.1. The predicted octanol–water partition coefficient (Wildman–Crippen LogP) is 23.0. The quantitative estimate of drug-likeness (QED) is 0.0158. The fourth-order valence-corrected chi connectivity index (χ4v) is 72.5. The van der Waals surface area contributed by atoms with Crippen molar-refractivity contribution in [1.82, 2.24) is 0 Å². The Morgan fingerprint density at radius 2 is 0.881 bits per heavy atom. The molecule has 135 heavy (non-hydrogen) atoms. The minimum absolute atomic E-state index is 0.00100. The van der Waals surface area contributed by atoms with Crippen LogP contribution in [0.1, 0.15) is 219 Å². The molecule has 1 aromatic rings. The molecule has 4 bridgehead atoms. The Bertz CT molecular complexity index is 3810. The number of hydrogen-bond donors (Lipinski definition) is 1. The number of aliphatic carboxylic acids is 1. The van der Waals surface area contributed by atoms with E-state index in [9.17, 15) is 54.9 Å². The van der Waals surface area contributed by atoms with Gasteiger partial charge in [0.1, 0.15) is 18.8 Å². The number of carbonyl (C=O) groups is 6. The molecule has 796 valence electrons. The summed E-state index contributed by atoms with van der Waals surface area (Å²) < 4.78 is 177. The maximum atomic E-state index is 13.3. The molecule has 4 saturated carbocycles. The first-order valence-corrected chi connectivity index (χ1v) is 82.1. The van der Waals surface area contributed by atoms with E-state index in [4.69, 9.17) is 74.7 Å². The fourth-order valence-electron chi connectivity index (χ4n) is 16.5. The highest BCUT2D eigenvalue weighted by Gasteiger charge is 2.65. The summed E-state index contributed by atoms with van der Waals surface area (Å²) in [5, 5.41) is 8.44. The maximum Gasteiger partial charge on any atom is 0.426 e. The van der Waals surface area contributed by atoms with Crippen LogP contribution in [0.25, 0.3) is 0 Å². The lowest BCUT2D eigenvalue weighted by atomic mass is 9.48. The maximum absolute atomic E-state index is 13.3. The average molecular weight is 2140 g/mol. The van der Waals surface area contributed by atoms with E-state index in [0.29, 0.717) is 84.1 Å². The SMILES string of the molecule is CCC(C)(C)C(=O)O.CCC(C)(C)C(=O)OC12CC3CC(C1)CC(C(=O)OC(CS(=O)(=O)[O-])C(F)(F)F)(C3)C2.CCC(C)(C)C(=O)OCCC[Si](C)(C)O[Si](C)(C)O[Si](C)(C)O[Si](C)(C)O[Si](C)(C)O[Si](C)(C)O[Si](C)(C)O[Si](C)(C)O[Si](C)(C)O[Si](C)(C)O[Si](C)(C)C.CCC(C)(C)C(=O)OCCOCCOC.CCCCC(CC)COC(=O)C(C)CC.C[N+](C)(C)Cc1ccccc1. The Morgan fingerprint density at radius 1 is 0.504 bits per heavy atom. The molecule has 0 aromatic heterocycles. The monoisotopic (exact) mass is 2140 g/mol. The first-order chi connectivity index (χ1) is 60.5. The van der Waals surface area contributed by atoms with E-state index in [1.54, 1.807) is 34.8 Å². The number of nitrogens with zero attached hydrogens (tertiary/aromatic N) is 1. The van der Waals surface area contributed by atoms with E-state index in [1.807, 2.05) is 69.2 Å². The topological polar surface area (TPSA) is 337 Å². The van der Waals surface area contributed by atoms with Crippen molar-refractivity contribution in [3.8, 4) is 0 Å². The van der Waals surface area contributed by atoms with Crippen molar-refractivity contribution in [3.05, 3.63) is 35.9 Å². The second-order valence-corrected chi connectivity index (χ2v) is 89.0. The van der Waals surface area contributed by atoms with Crippen LogP contribution in [0.2, 0.25) is 157 Å². The Kier molecular flexibility index (Phi) is 55.6. The summed E-state index contributed by atoms with van der Waals surface area (Å²) in [6.07, 6.45) is 3.44. The van der Waals surface area contributed by atoms with Crippen LogP contribution in [-0.2, 0) is 120 Å². The lowest BCUT2D eigenvalue weighted by Gasteiger charge is -2.60. The zero-order valence-electron chi connectivity index (χ0n) is 92.0. The molecule has 5 rings (SSSR count). The van der Waals surface area contributed by atoms with Crippen LogP contribution < -0.4 is 0 Å². The van der Waals surface area contributed by atoms with Crippen molar-refractivity contribution in [1.29, 1.82) is 0 Å². The number of methoxy groups -OCH3 is 1. The van der Waals surface area contributed by atoms with E-state index < -0.39 is 172 Å². The van der Waals surface area contributed by atoms with Gasteiger partial charge in [-0.05, 0) is 307 Å². The number of halogens is 3. The molecule has 4 aliphatic carbocycles. The third kappa shape index (κ3) is 57.8. The van der Waals surface area contributed by atoms with Crippen molar-refractivity contribution >= 4 is 140 Å². The van der Waals surface area contributed by atoms with Gasteiger partial charge in [0.2, 0.25) is 6.10 Å². The standard InChI is InChI=1S/C32H86O12Si11.C20H29F3O7S.C13H26O2.C11H22O4.C10H16N.C6H12O2/c1-27-32(2,3)31(33)34-29-28-30-46(7,8)36-48(11,12)38-50(15,16)40-52(19,20)42-54(23,24)44-55(25,26)43-53(21,22)41-51(17,18)39-49(13,14)37-47(9,10)35-45(4,5)6;1-4-17(2,3)15(24)30-19-8-12-5-13(9-19)7-18(6-12,11-19)16(25)29-14(20(21,22)23)10-31(26,27)28;1-5-8-9-12(7-3)10-15-13(14)11(4)6-2;1-5-11(2,3)10(12)15-9-8-14-7-6-13-4;1-11(2,3)9-10-7-5-4-6-8-10;1-4-6(2,3)5(7)8/h27-30H2,1-26H3;12-14H,4-11H2,1-3H3,(H,26,27,28);11-12H,5-10H2,1-4H3;5-9H2,1-4H3;4-8H,9H2,1-3H3;4H2,1-3H3,(H,7,8)/q;;;;+1;/p-1. The normalized spacial score (nSPS) is 18.6. The van der Waals surface area contributed by atoms with Crippen LogP contribution in [0.15, 0.2) is 30.3 Å². The van der Waals surface area contributed by atoms with Gasteiger partial charge in [0, 0.05) is 19.1 Å². The molecular formula is C92H190F3NO27SSi11. The van der Waals surface area contributed by atoms with Gasteiger partial charge in [-0.1, -0.05) is 105 Å². The molecule has 0 spiro atoms. The molecule has 5 atom stereocenters. The Labute approximate surface area is 827 Å². The van der Waals surface area contributed by atoms with Crippen LogP contribution >= 0.6 is 0 Å². The highest BCUT2D eigenvalue weighted by Crippen LogP contribution is 2.64. The van der Waals surface area contributed by atoms with Gasteiger partial charge in [-0.15, -0.1) is 0 Å². The fraction of sp³-hybridized carbons (Fsp3) is 0.870. The second kappa shape index (κ2) is 55.8. The number of carboxylic acid groups (broad SMARTS) is 1.